The van der Waals surface area contributed by atoms with E-state index in [1.54, 1.807) is 13.8 Å². The van der Waals surface area contributed by atoms with Crippen molar-refractivity contribution in [2.45, 2.75) is 46.3 Å². The van der Waals surface area contributed by atoms with Crippen LogP contribution in [0.4, 0.5) is 9.59 Å². The minimum atomic E-state index is -0.900. The lowest BCUT2D eigenvalue weighted by Crippen LogP contribution is -2.38. The van der Waals surface area contributed by atoms with Crippen molar-refractivity contribution in [2.24, 2.45) is 11.1 Å². The third-order valence-corrected chi connectivity index (χ3v) is 2.31. The van der Waals surface area contributed by atoms with Crippen molar-refractivity contribution < 1.29 is 24.2 Å². The Balaban J connectivity index is 4.40. The zero-order valence-corrected chi connectivity index (χ0v) is 11.9. The SMILES string of the molecule is CC(O)CC(C)(COC(N)=O)COC(=O)NC(C)C. The maximum absolute atomic E-state index is 11.4. The fourth-order valence-corrected chi connectivity index (χ4v) is 1.64. The number of alkyl carbamates (subject to hydrolysis) is 1. The quantitative estimate of drug-likeness (QED) is 0.642. The van der Waals surface area contributed by atoms with Crippen LogP contribution >= 0.6 is 0 Å². The highest BCUT2D eigenvalue weighted by Gasteiger charge is 2.30. The van der Waals surface area contributed by atoms with Crippen LogP contribution in [-0.4, -0.2) is 42.7 Å². The summed E-state index contributed by atoms with van der Waals surface area (Å²) in [5, 5.41) is 12.0. The summed E-state index contributed by atoms with van der Waals surface area (Å²) in [5.41, 5.74) is 4.23. The van der Waals surface area contributed by atoms with Crippen LogP contribution in [0, 0.1) is 5.41 Å². The molecule has 112 valence electrons. The number of amides is 2. The Morgan fingerprint density at radius 2 is 1.79 bits per heavy atom. The van der Waals surface area contributed by atoms with Crippen LogP contribution < -0.4 is 11.1 Å². The number of ether oxygens (including phenoxy) is 2. The van der Waals surface area contributed by atoms with E-state index in [4.69, 9.17) is 15.2 Å². The topological polar surface area (TPSA) is 111 Å². The van der Waals surface area contributed by atoms with E-state index in [1.807, 2.05) is 13.8 Å². The van der Waals surface area contributed by atoms with Crippen molar-refractivity contribution in [3.05, 3.63) is 0 Å². The van der Waals surface area contributed by atoms with E-state index >= 15 is 0 Å². The Bertz CT molecular complexity index is 306. The van der Waals surface area contributed by atoms with Gasteiger partial charge in [-0.1, -0.05) is 6.92 Å². The van der Waals surface area contributed by atoms with E-state index in [0.29, 0.717) is 6.42 Å². The first kappa shape index (κ1) is 17.5. The highest BCUT2D eigenvalue weighted by molar-refractivity contribution is 5.67. The second-order valence-corrected chi connectivity index (χ2v) is 5.35. The minimum Gasteiger partial charge on any atom is -0.449 e. The van der Waals surface area contributed by atoms with Crippen LogP contribution in [0.3, 0.4) is 0 Å². The van der Waals surface area contributed by atoms with Gasteiger partial charge in [0.2, 0.25) is 0 Å². The second-order valence-electron chi connectivity index (χ2n) is 5.35. The van der Waals surface area contributed by atoms with Gasteiger partial charge in [0.25, 0.3) is 0 Å². The molecule has 0 saturated heterocycles. The summed E-state index contributed by atoms with van der Waals surface area (Å²) in [6.07, 6.45) is -1.75. The molecule has 0 radical (unpaired) electrons. The van der Waals surface area contributed by atoms with Gasteiger partial charge >= 0.3 is 12.2 Å². The molecule has 7 heteroatoms. The van der Waals surface area contributed by atoms with Crippen LogP contribution in [0.15, 0.2) is 0 Å². The summed E-state index contributed by atoms with van der Waals surface area (Å²) < 4.78 is 9.80. The molecule has 0 fully saturated rings. The van der Waals surface area contributed by atoms with Crippen LogP contribution in [0.25, 0.3) is 0 Å². The van der Waals surface area contributed by atoms with Crippen LogP contribution in [0.5, 0.6) is 0 Å². The Labute approximate surface area is 113 Å². The largest absolute Gasteiger partial charge is 0.449 e. The Kier molecular flexibility index (Phi) is 7.21. The Morgan fingerprint density at radius 3 is 2.21 bits per heavy atom. The predicted octanol–water partition coefficient (Wildman–Crippen LogP) is 0.993. The number of aliphatic hydroxyl groups is 1. The molecule has 2 atom stereocenters. The molecule has 0 aliphatic carbocycles. The van der Waals surface area contributed by atoms with E-state index in [2.05, 4.69) is 5.32 Å². The van der Waals surface area contributed by atoms with E-state index in [0.717, 1.165) is 0 Å². The summed E-state index contributed by atoms with van der Waals surface area (Å²) in [5.74, 6) is 0. The molecule has 19 heavy (non-hydrogen) atoms. The van der Waals surface area contributed by atoms with Crippen molar-refractivity contribution >= 4 is 12.2 Å². The third-order valence-electron chi connectivity index (χ3n) is 2.31. The Morgan fingerprint density at radius 1 is 1.26 bits per heavy atom. The third kappa shape index (κ3) is 9.12. The van der Waals surface area contributed by atoms with E-state index in [1.165, 1.54) is 0 Å². The number of hydrogen-bond donors (Lipinski definition) is 3. The van der Waals surface area contributed by atoms with Crippen molar-refractivity contribution in [2.75, 3.05) is 13.2 Å². The molecule has 4 N–H and O–H groups in total. The molecule has 0 aromatic carbocycles. The fraction of sp³-hybridized carbons (Fsp3) is 0.833. The van der Waals surface area contributed by atoms with E-state index in [9.17, 15) is 14.7 Å². The molecule has 0 aromatic rings. The van der Waals surface area contributed by atoms with Crippen molar-refractivity contribution in [1.29, 1.82) is 0 Å². The van der Waals surface area contributed by atoms with Crippen LogP contribution in [0.2, 0.25) is 0 Å². The standard InChI is InChI=1S/C12H24N2O5/c1-8(2)14-11(17)19-7-12(4,5-9(3)15)6-18-10(13)16/h8-9,15H,5-7H2,1-4H3,(H2,13,16)(H,14,17). The summed E-state index contributed by atoms with van der Waals surface area (Å²) in [6, 6.07) is -0.0302. The average molecular weight is 276 g/mol. The van der Waals surface area contributed by atoms with Gasteiger partial charge in [-0.3, -0.25) is 0 Å². The van der Waals surface area contributed by atoms with Crippen LogP contribution in [-0.2, 0) is 9.47 Å². The lowest BCUT2D eigenvalue weighted by atomic mass is 9.86. The molecular weight excluding hydrogens is 252 g/mol. The first-order valence-electron chi connectivity index (χ1n) is 6.18. The maximum atomic E-state index is 11.4. The van der Waals surface area contributed by atoms with Gasteiger partial charge < -0.3 is 25.6 Å². The lowest BCUT2D eigenvalue weighted by molar-refractivity contribution is 0.00790. The Hall–Kier alpha value is -1.50. The molecule has 2 unspecified atom stereocenters. The van der Waals surface area contributed by atoms with Gasteiger partial charge in [0, 0.05) is 11.5 Å². The van der Waals surface area contributed by atoms with E-state index in [-0.39, 0.29) is 19.3 Å². The van der Waals surface area contributed by atoms with Gasteiger partial charge in [-0.15, -0.1) is 0 Å². The summed E-state index contributed by atoms with van der Waals surface area (Å²) in [7, 11) is 0. The molecule has 0 spiro atoms. The zero-order valence-electron chi connectivity index (χ0n) is 11.9. The number of hydrogen-bond acceptors (Lipinski definition) is 5. The molecule has 0 aliphatic rings. The summed E-state index contributed by atoms with van der Waals surface area (Å²) in [4.78, 5) is 22.0. The predicted molar refractivity (Wildman–Crippen MR) is 69.6 cm³/mol. The molecule has 0 aromatic heterocycles. The smallest absolute Gasteiger partial charge is 0.407 e. The highest BCUT2D eigenvalue weighted by atomic mass is 16.6. The first-order valence-corrected chi connectivity index (χ1v) is 6.18. The number of aliphatic hydroxyl groups excluding tert-OH is 1. The zero-order chi connectivity index (χ0) is 15.1. The molecule has 0 saturated carbocycles. The normalized spacial score (nSPS) is 15.5. The molecule has 7 nitrogen and oxygen atoms in total. The van der Waals surface area contributed by atoms with Crippen LogP contribution in [0.1, 0.15) is 34.1 Å². The van der Waals surface area contributed by atoms with Gasteiger partial charge in [0.1, 0.15) is 13.2 Å². The number of carbonyl (C=O) groups excluding carboxylic acids is 2. The minimum absolute atomic E-state index is 0.0176. The molecule has 2 amide bonds. The van der Waals surface area contributed by atoms with Gasteiger partial charge in [0.05, 0.1) is 6.10 Å². The van der Waals surface area contributed by atoms with Gasteiger partial charge in [-0.2, -0.15) is 0 Å². The van der Waals surface area contributed by atoms with Gasteiger partial charge in [-0.25, -0.2) is 9.59 Å². The number of primary amides is 1. The maximum Gasteiger partial charge on any atom is 0.407 e. The number of carbonyl (C=O) groups is 2. The average Bonchev–Trinajstić information content (AvgIpc) is 2.22. The summed E-state index contributed by atoms with van der Waals surface area (Å²) >= 11 is 0. The summed E-state index contributed by atoms with van der Waals surface area (Å²) in [6.45, 7) is 6.97. The first-order chi connectivity index (χ1) is 8.64. The number of nitrogens with one attached hydrogen (secondary N) is 1. The van der Waals surface area contributed by atoms with Crippen molar-refractivity contribution in [3.8, 4) is 0 Å². The second kappa shape index (κ2) is 7.83. The molecule has 0 bridgehead atoms. The van der Waals surface area contributed by atoms with Crippen molar-refractivity contribution in [3.63, 3.8) is 0 Å². The monoisotopic (exact) mass is 276 g/mol. The highest BCUT2D eigenvalue weighted by Crippen LogP contribution is 2.24. The van der Waals surface area contributed by atoms with Gasteiger partial charge in [-0.05, 0) is 27.2 Å². The van der Waals surface area contributed by atoms with Crippen molar-refractivity contribution in [1.82, 2.24) is 5.32 Å². The molecule has 0 aliphatic heterocycles. The lowest BCUT2D eigenvalue weighted by Gasteiger charge is -2.29. The molecule has 0 rings (SSSR count). The van der Waals surface area contributed by atoms with Gasteiger partial charge in [0.15, 0.2) is 0 Å². The fourth-order valence-electron chi connectivity index (χ4n) is 1.64. The number of nitrogens with two attached hydrogens (primary N) is 1. The molecule has 0 heterocycles. The molecular formula is C12H24N2O5. The number of rotatable bonds is 7. The van der Waals surface area contributed by atoms with E-state index < -0.39 is 23.7 Å².